The number of hydrogen-bond donors (Lipinski definition) is 0. The molecule has 6 aliphatic heterocycles. The van der Waals surface area contributed by atoms with Crippen LogP contribution in [0.5, 0.6) is 0 Å². The van der Waals surface area contributed by atoms with E-state index in [1.807, 2.05) is 0 Å². The highest BCUT2D eigenvalue weighted by Crippen LogP contribution is 2.54. The molecule has 104 heavy (non-hydrogen) atoms. The summed E-state index contributed by atoms with van der Waals surface area (Å²) in [6.07, 6.45) is 0. The lowest BCUT2D eigenvalue weighted by Gasteiger charge is -2.49. The van der Waals surface area contributed by atoms with Gasteiger partial charge in [0.15, 0.2) is 0 Å². The van der Waals surface area contributed by atoms with E-state index in [-0.39, 0.29) is 20.1 Å². The summed E-state index contributed by atoms with van der Waals surface area (Å²) < 4.78 is 0. The molecule has 0 bridgehead atoms. The van der Waals surface area contributed by atoms with Crippen molar-refractivity contribution in [3.05, 3.63) is 301 Å². The van der Waals surface area contributed by atoms with Crippen LogP contribution in [-0.2, 0) is 0 Å². The first-order valence-corrected chi connectivity index (χ1v) is 37.3. The molecule has 0 radical (unpaired) electrons. The maximum absolute atomic E-state index is 2.74. The van der Waals surface area contributed by atoms with E-state index in [4.69, 9.17) is 0 Å². The Bertz CT molecular complexity index is 5880. The molecule has 504 valence electrons. The highest BCUT2D eigenvalue weighted by molar-refractivity contribution is 7.04. The van der Waals surface area contributed by atoms with E-state index in [0.29, 0.717) is 0 Å². The molecule has 0 amide bonds. The number of hydrogen-bond acceptors (Lipinski definition) is 6. The van der Waals surface area contributed by atoms with Gasteiger partial charge in [-0.1, -0.05) is 173 Å². The Balaban J connectivity index is 0.963. The minimum atomic E-state index is -0.228. The highest BCUT2D eigenvalue weighted by Gasteiger charge is 2.52. The fraction of sp³-hybridized carbons (Fsp3) is 0.179. The maximum atomic E-state index is 2.74. The molecule has 0 spiro atoms. The third kappa shape index (κ3) is 8.98. The van der Waals surface area contributed by atoms with Crippen LogP contribution >= 0.6 is 0 Å². The summed E-state index contributed by atoms with van der Waals surface area (Å²) >= 11 is 0. The van der Waals surface area contributed by atoms with Gasteiger partial charge in [-0.25, -0.2) is 0 Å². The van der Waals surface area contributed by atoms with E-state index in [2.05, 4.69) is 353 Å². The van der Waals surface area contributed by atoms with Crippen LogP contribution in [0.1, 0.15) is 94.6 Å². The van der Waals surface area contributed by atoms with Gasteiger partial charge in [0.25, 0.3) is 20.1 Å². The SMILES string of the molecule is Cc1ccc(N2c3cc4c(cc3B3c5cc6c(cc5N(c5c(C)cc(C)cc5C)c5cccc2c53)N(c2c(C)cc(C)cc2C)c2cccc3c2B6c2ccccc2N3c2c(C)cc(C)cc2C)B2c3ccccc3N(c3c(C)cc(C)cc3C)c3cccc(c32)N4c2c(C)cc(C)cc2C)c(C)c1. The lowest BCUT2D eigenvalue weighted by Crippen LogP contribution is -2.66. The van der Waals surface area contributed by atoms with Crippen molar-refractivity contribution < 1.29 is 0 Å². The van der Waals surface area contributed by atoms with Gasteiger partial charge >= 0.3 is 0 Å². The molecule has 9 heteroatoms. The molecule has 6 nitrogen and oxygen atoms in total. The van der Waals surface area contributed by atoms with Crippen molar-refractivity contribution in [1.29, 1.82) is 0 Å². The van der Waals surface area contributed by atoms with Gasteiger partial charge in [-0.3, -0.25) is 0 Å². The zero-order valence-electron chi connectivity index (χ0n) is 63.0. The van der Waals surface area contributed by atoms with Crippen molar-refractivity contribution in [2.24, 2.45) is 0 Å². The Hall–Kier alpha value is -11.1. The molecule has 19 rings (SSSR count). The largest absolute Gasteiger partial charge is 0.311 e. The summed E-state index contributed by atoms with van der Waals surface area (Å²) in [7, 11) is 0. The summed E-state index contributed by atoms with van der Waals surface area (Å²) in [5.41, 5.74) is 55.0. The van der Waals surface area contributed by atoms with Crippen LogP contribution in [0.15, 0.2) is 206 Å². The number of nitrogens with zero attached hydrogens (tertiary/aromatic N) is 6. The monoisotopic (exact) mass is 1340 g/mol. The third-order valence-corrected chi connectivity index (χ3v) is 23.9. The summed E-state index contributed by atoms with van der Waals surface area (Å²) in [5, 5.41) is 0. The van der Waals surface area contributed by atoms with E-state index >= 15 is 0 Å². The fourth-order valence-corrected chi connectivity index (χ4v) is 20.8. The molecule has 0 aliphatic carbocycles. The molecule has 6 heterocycles. The fourth-order valence-electron chi connectivity index (χ4n) is 20.8. The summed E-state index contributed by atoms with van der Waals surface area (Å²) in [4.78, 5) is 16.0. The molecule has 0 fully saturated rings. The first-order chi connectivity index (χ1) is 50.1. The predicted octanol–water partition coefficient (Wildman–Crippen LogP) is 19.2. The van der Waals surface area contributed by atoms with Crippen molar-refractivity contribution in [3.63, 3.8) is 0 Å². The van der Waals surface area contributed by atoms with E-state index < -0.39 is 0 Å². The molecule has 0 unspecified atom stereocenters. The molecule has 0 N–H and O–H groups in total. The normalized spacial score (nSPS) is 13.8. The van der Waals surface area contributed by atoms with Gasteiger partial charge in [0.05, 0.1) is 28.4 Å². The number of benzene rings is 13. The lowest BCUT2D eigenvalue weighted by molar-refractivity contribution is 1.17. The van der Waals surface area contributed by atoms with E-state index in [9.17, 15) is 0 Å². The Morgan fingerprint density at radius 2 is 0.394 bits per heavy atom. The van der Waals surface area contributed by atoms with Gasteiger partial charge in [0, 0.05) is 73.9 Å². The lowest BCUT2D eigenvalue weighted by atomic mass is 9.29. The first-order valence-electron chi connectivity index (χ1n) is 37.3. The standard InChI is InChI=1S/C95H85B3N6/c1-52-35-36-75(58(7)37-52)99-78-29-22-32-81-88(78)98(71-48-72-85(50-84(71)99)103(94-65(14)44-56(5)45-66(94)15)82-33-23-30-79-89(82)96(72)69-25-18-20-27-76(69)100(79)91-59(8)38-53(2)39-60(91)9)74-49-73-86(51-87(74)102(81)93-63(12)42-55(4)43-64(93)13)104(95-67(16)46-57(6)47-68(95)17)83-34-24-31-80-90(83)97(73)70-26-19-21-28-77(70)101(80)92-61(10)40-54(3)41-62(92)11/h18-51H,1-17H3. The molecule has 0 atom stereocenters. The smallest absolute Gasteiger partial charge is 0.252 e. The topological polar surface area (TPSA) is 19.4 Å². The van der Waals surface area contributed by atoms with Crippen molar-refractivity contribution in [2.75, 3.05) is 29.4 Å². The summed E-state index contributed by atoms with van der Waals surface area (Å²) in [5.74, 6) is 0. The molecule has 0 aromatic heterocycles. The van der Waals surface area contributed by atoms with Crippen LogP contribution in [-0.4, -0.2) is 20.1 Å². The van der Waals surface area contributed by atoms with Crippen LogP contribution in [0.25, 0.3) is 0 Å². The van der Waals surface area contributed by atoms with Crippen LogP contribution < -0.4 is 78.6 Å². The Kier molecular flexibility index (Phi) is 14.1. The van der Waals surface area contributed by atoms with Crippen LogP contribution in [0.2, 0.25) is 0 Å². The molecule has 13 aromatic rings. The Labute approximate surface area is 615 Å². The quantitative estimate of drug-likeness (QED) is 0.153. The predicted molar refractivity (Wildman–Crippen MR) is 449 cm³/mol. The van der Waals surface area contributed by atoms with Crippen LogP contribution in [0.3, 0.4) is 0 Å². The third-order valence-electron chi connectivity index (χ3n) is 23.9. The van der Waals surface area contributed by atoms with E-state index in [1.165, 1.54) is 246 Å². The average molecular weight is 1340 g/mol. The zero-order chi connectivity index (χ0) is 71.6. The van der Waals surface area contributed by atoms with Gasteiger partial charge in [0.1, 0.15) is 0 Å². The minimum absolute atomic E-state index is 0.124. The van der Waals surface area contributed by atoms with Gasteiger partial charge in [-0.05, 0) is 295 Å². The van der Waals surface area contributed by atoms with Crippen LogP contribution in [0.4, 0.5) is 102 Å². The summed E-state index contributed by atoms with van der Waals surface area (Å²) in [6, 6.07) is 81.9. The maximum Gasteiger partial charge on any atom is 0.252 e. The van der Waals surface area contributed by atoms with Crippen molar-refractivity contribution in [2.45, 2.75) is 118 Å². The Morgan fingerprint density at radius 1 is 0.163 bits per heavy atom. The number of rotatable bonds is 6. The van der Waals surface area contributed by atoms with Crippen molar-refractivity contribution in [1.82, 2.24) is 0 Å². The number of para-hydroxylation sites is 2. The second-order valence-corrected chi connectivity index (χ2v) is 31.5. The molecule has 0 saturated carbocycles. The molecule has 13 aromatic carbocycles. The van der Waals surface area contributed by atoms with E-state index in [1.54, 1.807) is 0 Å². The van der Waals surface area contributed by atoms with Gasteiger partial charge in [-0.15, -0.1) is 0 Å². The summed E-state index contributed by atoms with van der Waals surface area (Å²) in [6.45, 7) is 38.5. The second-order valence-electron chi connectivity index (χ2n) is 31.5. The molecule has 6 aliphatic rings. The first kappa shape index (κ1) is 63.8. The zero-order valence-corrected chi connectivity index (χ0v) is 63.0. The number of anilines is 18. The highest BCUT2D eigenvalue weighted by atomic mass is 15.2. The minimum Gasteiger partial charge on any atom is -0.311 e. The number of aryl methyl sites for hydroxylation is 17. The van der Waals surface area contributed by atoms with Gasteiger partial charge in [0.2, 0.25) is 0 Å². The Morgan fingerprint density at radius 3 is 0.683 bits per heavy atom. The van der Waals surface area contributed by atoms with Crippen molar-refractivity contribution in [3.8, 4) is 0 Å². The molecule has 0 saturated heterocycles. The molecular formula is C95H85B3N6. The number of fused-ring (bicyclic) bond motifs is 12. The molecular weight excluding hydrogens is 1260 g/mol. The van der Waals surface area contributed by atoms with Crippen molar-refractivity contribution >= 4 is 172 Å². The van der Waals surface area contributed by atoms with Gasteiger partial charge in [-0.2, -0.15) is 0 Å². The van der Waals surface area contributed by atoms with Crippen LogP contribution in [0, 0.1) is 118 Å². The van der Waals surface area contributed by atoms with E-state index in [0.717, 1.165) is 0 Å². The second kappa shape index (κ2) is 22.9. The van der Waals surface area contributed by atoms with Gasteiger partial charge < -0.3 is 29.4 Å². The average Bonchev–Trinajstić information content (AvgIpc) is 0.684.